The van der Waals surface area contributed by atoms with Crippen molar-refractivity contribution in [2.45, 2.75) is 45.1 Å². The lowest BCUT2D eigenvalue weighted by Crippen LogP contribution is -2.51. The van der Waals surface area contributed by atoms with Crippen LogP contribution >= 0.6 is 0 Å². The van der Waals surface area contributed by atoms with Crippen LogP contribution in [0.5, 0.6) is 5.75 Å². The van der Waals surface area contributed by atoms with Gasteiger partial charge in [-0.15, -0.1) is 13.2 Å². The van der Waals surface area contributed by atoms with Gasteiger partial charge >= 0.3 is 12.5 Å². The van der Waals surface area contributed by atoms with Gasteiger partial charge in [0.25, 0.3) is 0 Å². The second kappa shape index (κ2) is 19.5. The zero-order chi connectivity index (χ0) is 41.9. The highest BCUT2D eigenvalue weighted by Gasteiger charge is 2.33. The molecule has 1 fully saturated rings. The van der Waals surface area contributed by atoms with Gasteiger partial charge in [0.1, 0.15) is 11.8 Å². The predicted molar refractivity (Wildman–Crippen MR) is 206 cm³/mol. The summed E-state index contributed by atoms with van der Waals surface area (Å²) in [4.78, 5) is 47.1. The van der Waals surface area contributed by atoms with Crippen LogP contribution in [0.3, 0.4) is 0 Å². The number of carbonyl (C=O) groups excluding carboxylic acids is 3. The van der Waals surface area contributed by atoms with E-state index in [-0.39, 0.29) is 44.4 Å². The number of ether oxygens (including phenoxy) is 2. The molecule has 1 aliphatic rings. The fraction of sp³-hybridized carbons (Fsp3) is 0.326. The van der Waals surface area contributed by atoms with Gasteiger partial charge in [-0.3, -0.25) is 14.4 Å². The zero-order valence-corrected chi connectivity index (χ0v) is 32.0. The fourth-order valence-electron chi connectivity index (χ4n) is 6.43. The van der Waals surface area contributed by atoms with E-state index < -0.39 is 36.0 Å². The molecule has 58 heavy (non-hydrogen) atoms. The average Bonchev–Trinajstić information content (AvgIpc) is 3.19. The van der Waals surface area contributed by atoms with Gasteiger partial charge in [0.05, 0.1) is 18.8 Å². The summed E-state index contributed by atoms with van der Waals surface area (Å²) in [7, 11) is 1.56. The molecule has 1 heterocycles. The van der Waals surface area contributed by atoms with Crippen molar-refractivity contribution in [1.82, 2.24) is 14.7 Å². The van der Waals surface area contributed by atoms with E-state index in [1.807, 2.05) is 54.6 Å². The van der Waals surface area contributed by atoms with E-state index in [1.54, 1.807) is 24.9 Å². The monoisotopic (exact) mass is 810 g/mol. The first-order chi connectivity index (χ1) is 27.6. The number of piperazine rings is 1. The van der Waals surface area contributed by atoms with Gasteiger partial charge in [-0.05, 0) is 64.7 Å². The average molecular weight is 811 g/mol. The highest BCUT2D eigenvalue weighted by molar-refractivity contribution is 5.95. The van der Waals surface area contributed by atoms with Gasteiger partial charge in [0.15, 0.2) is 0 Å². The van der Waals surface area contributed by atoms with E-state index in [1.165, 1.54) is 52.3 Å². The van der Waals surface area contributed by atoms with Crippen molar-refractivity contribution in [3.8, 4) is 5.75 Å². The molecule has 0 saturated carbocycles. The lowest BCUT2D eigenvalue weighted by atomic mass is 10.0. The van der Waals surface area contributed by atoms with Gasteiger partial charge in [-0.2, -0.15) is 13.2 Å². The minimum absolute atomic E-state index is 0.0124. The van der Waals surface area contributed by atoms with Gasteiger partial charge in [-0.1, -0.05) is 66.7 Å². The standard InChI is InChI=1S/C43H44F6N4O5/c1-31(54)51-21-23-52(24-22-51)37-18-13-34(14-19-37)29-53(40(55)20-15-32-11-16-36(17-12-32)42(44,45)46)39(28-33-7-4-3-5-8-33)41(56)50(2)25-26-57-30-35-9-6-10-38(27-35)58-43(47,48)49/h3-20,27,39H,21-26,28-30H2,1-2H3/b20-15+/t39-/m0/s1. The van der Waals surface area contributed by atoms with E-state index in [0.29, 0.717) is 37.3 Å². The number of likely N-dealkylation sites (N-methyl/N-ethyl adjacent to an activating group) is 1. The Bertz CT molecular complexity index is 2000. The van der Waals surface area contributed by atoms with Crippen LogP contribution in [-0.2, 0) is 44.9 Å². The number of halogens is 6. The van der Waals surface area contributed by atoms with Crippen LogP contribution in [-0.4, -0.2) is 91.2 Å². The van der Waals surface area contributed by atoms with Crippen LogP contribution in [0.15, 0.2) is 109 Å². The maximum atomic E-state index is 14.4. The Morgan fingerprint density at radius 3 is 2.07 bits per heavy atom. The van der Waals surface area contributed by atoms with Gasteiger partial charge in [0.2, 0.25) is 17.7 Å². The Morgan fingerprint density at radius 1 is 0.793 bits per heavy atom. The van der Waals surface area contributed by atoms with Crippen LogP contribution in [0.25, 0.3) is 6.08 Å². The molecule has 0 aliphatic carbocycles. The van der Waals surface area contributed by atoms with E-state index >= 15 is 0 Å². The predicted octanol–water partition coefficient (Wildman–Crippen LogP) is 7.60. The Hall–Kier alpha value is -5.83. The molecule has 15 heteroatoms. The molecule has 0 unspecified atom stereocenters. The second-order valence-electron chi connectivity index (χ2n) is 13.8. The van der Waals surface area contributed by atoms with Crippen LogP contribution in [0.4, 0.5) is 32.0 Å². The van der Waals surface area contributed by atoms with Crippen LogP contribution in [0.1, 0.15) is 34.7 Å². The highest BCUT2D eigenvalue weighted by Crippen LogP contribution is 2.29. The third kappa shape index (κ3) is 12.8. The van der Waals surface area contributed by atoms with Crippen molar-refractivity contribution < 1.29 is 50.2 Å². The second-order valence-corrected chi connectivity index (χ2v) is 13.8. The number of rotatable bonds is 15. The molecular formula is C43H44F6N4O5. The van der Waals surface area contributed by atoms with E-state index in [0.717, 1.165) is 28.9 Å². The van der Waals surface area contributed by atoms with Crippen molar-refractivity contribution >= 4 is 29.5 Å². The molecule has 3 amide bonds. The Labute approximate surface area is 333 Å². The molecule has 1 saturated heterocycles. The first-order valence-corrected chi connectivity index (χ1v) is 18.5. The quantitative estimate of drug-likeness (QED) is 0.0700. The lowest BCUT2D eigenvalue weighted by Gasteiger charge is -2.36. The summed E-state index contributed by atoms with van der Waals surface area (Å²) in [5.41, 5.74) is 2.38. The topological polar surface area (TPSA) is 82.6 Å². The lowest BCUT2D eigenvalue weighted by molar-refractivity contribution is -0.274. The summed E-state index contributed by atoms with van der Waals surface area (Å²) in [5, 5.41) is 0. The molecule has 4 aromatic carbocycles. The Kier molecular flexibility index (Phi) is 14.6. The Morgan fingerprint density at radius 2 is 1.45 bits per heavy atom. The van der Waals surface area contributed by atoms with Crippen molar-refractivity contribution in [2.75, 3.05) is 51.3 Å². The van der Waals surface area contributed by atoms with Crippen molar-refractivity contribution in [1.29, 1.82) is 0 Å². The molecule has 9 nitrogen and oxygen atoms in total. The molecule has 0 aromatic heterocycles. The summed E-state index contributed by atoms with van der Waals surface area (Å²) < 4.78 is 87.4. The number of nitrogens with zero attached hydrogens (tertiary/aromatic N) is 4. The molecule has 0 N–H and O–H groups in total. The molecule has 1 atom stereocenters. The zero-order valence-electron chi connectivity index (χ0n) is 32.0. The fourth-order valence-corrected chi connectivity index (χ4v) is 6.43. The number of benzene rings is 4. The summed E-state index contributed by atoms with van der Waals surface area (Å²) in [5.74, 6) is -1.33. The van der Waals surface area contributed by atoms with Crippen LogP contribution < -0.4 is 9.64 Å². The number of alkyl halides is 6. The first-order valence-electron chi connectivity index (χ1n) is 18.5. The molecule has 0 spiro atoms. The van der Waals surface area contributed by atoms with Crippen molar-refractivity contribution in [3.63, 3.8) is 0 Å². The van der Waals surface area contributed by atoms with Crippen LogP contribution in [0.2, 0.25) is 0 Å². The van der Waals surface area contributed by atoms with Crippen LogP contribution in [0, 0.1) is 0 Å². The number of anilines is 1. The third-order valence-corrected chi connectivity index (χ3v) is 9.60. The van der Waals surface area contributed by atoms with E-state index in [2.05, 4.69) is 9.64 Å². The van der Waals surface area contributed by atoms with E-state index in [9.17, 15) is 40.7 Å². The summed E-state index contributed by atoms with van der Waals surface area (Å²) in [6.45, 7) is 4.10. The summed E-state index contributed by atoms with van der Waals surface area (Å²) in [6, 6.07) is 25.4. The largest absolute Gasteiger partial charge is 0.573 e. The first kappa shape index (κ1) is 43.3. The summed E-state index contributed by atoms with van der Waals surface area (Å²) in [6.07, 6.45) is -6.60. The minimum Gasteiger partial charge on any atom is -0.406 e. The minimum atomic E-state index is -4.84. The Balaban J connectivity index is 1.36. The molecule has 308 valence electrons. The van der Waals surface area contributed by atoms with Gasteiger partial charge < -0.3 is 29.1 Å². The number of carbonyl (C=O) groups is 3. The molecular weight excluding hydrogens is 766 g/mol. The smallest absolute Gasteiger partial charge is 0.406 e. The van der Waals surface area contributed by atoms with Gasteiger partial charge in [0, 0.05) is 71.4 Å². The molecule has 4 aromatic rings. The molecule has 0 radical (unpaired) electrons. The number of amides is 3. The van der Waals surface area contributed by atoms with Gasteiger partial charge in [-0.25, -0.2) is 0 Å². The number of hydrogen-bond donors (Lipinski definition) is 0. The van der Waals surface area contributed by atoms with E-state index in [4.69, 9.17) is 4.74 Å². The molecule has 1 aliphatic heterocycles. The maximum Gasteiger partial charge on any atom is 0.573 e. The maximum absolute atomic E-state index is 14.4. The highest BCUT2D eigenvalue weighted by atomic mass is 19.4. The SMILES string of the molecule is CC(=O)N1CCN(c2ccc(CN(C(=O)/C=C/c3ccc(C(F)(F)F)cc3)[C@@H](Cc3ccccc3)C(=O)N(C)CCOCc3cccc(OC(F)(F)F)c3)cc2)CC1. The van der Waals surface area contributed by atoms with Crippen molar-refractivity contribution in [2.24, 2.45) is 0 Å². The normalized spacial score (nSPS) is 14.0. The summed E-state index contributed by atoms with van der Waals surface area (Å²) >= 11 is 0. The van der Waals surface area contributed by atoms with Crippen molar-refractivity contribution in [3.05, 3.63) is 137 Å². The third-order valence-electron chi connectivity index (χ3n) is 9.60. The molecule has 5 rings (SSSR count). The number of hydrogen-bond acceptors (Lipinski definition) is 6. The molecule has 0 bridgehead atoms.